The fourth-order valence-corrected chi connectivity index (χ4v) is 3.86. The highest BCUT2D eigenvalue weighted by molar-refractivity contribution is 5.76. The molecule has 1 N–H and O–H groups in total. The molecule has 0 bridgehead atoms. The summed E-state index contributed by atoms with van der Waals surface area (Å²) in [6.07, 6.45) is 6.48. The van der Waals surface area contributed by atoms with Gasteiger partial charge in [0.1, 0.15) is 0 Å². The molecule has 1 aromatic rings. The van der Waals surface area contributed by atoms with Gasteiger partial charge in [-0.15, -0.1) is 0 Å². The molecule has 0 aliphatic carbocycles. The Bertz CT molecular complexity index is 531. The first-order valence-corrected chi connectivity index (χ1v) is 9.04. The first-order valence-electron chi connectivity index (χ1n) is 9.04. The third kappa shape index (κ3) is 4.25. The molecular formula is C19H29N3O. The van der Waals surface area contributed by atoms with Crippen LogP contribution in [-0.2, 0) is 11.2 Å². The predicted octanol–water partition coefficient (Wildman–Crippen LogP) is 2.43. The summed E-state index contributed by atoms with van der Waals surface area (Å²) in [5.41, 5.74) is 2.85. The van der Waals surface area contributed by atoms with Crippen LogP contribution in [-0.4, -0.2) is 50.1 Å². The maximum Gasteiger partial charge on any atom is 0.221 e. The van der Waals surface area contributed by atoms with Gasteiger partial charge in [-0.25, -0.2) is 0 Å². The summed E-state index contributed by atoms with van der Waals surface area (Å²) in [6.45, 7) is 4.08. The average molecular weight is 315 g/mol. The predicted molar refractivity (Wildman–Crippen MR) is 94.9 cm³/mol. The Morgan fingerprint density at radius 2 is 2.13 bits per heavy atom. The molecule has 4 nitrogen and oxygen atoms in total. The number of likely N-dealkylation sites (tertiary alicyclic amines) is 1. The van der Waals surface area contributed by atoms with Crippen LogP contribution in [0.3, 0.4) is 0 Å². The molecule has 1 saturated heterocycles. The van der Waals surface area contributed by atoms with E-state index in [0.717, 1.165) is 39.0 Å². The summed E-state index contributed by atoms with van der Waals surface area (Å²) in [7, 11) is 2.12. The third-order valence-corrected chi connectivity index (χ3v) is 5.23. The van der Waals surface area contributed by atoms with Gasteiger partial charge in [-0.05, 0) is 57.3 Å². The van der Waals surface area contributed by atoms with Crippen molar-refractivity contribution in [2.24, 2.45) is 0 Å². The van der Waals surface area contributed by atoms with E-state index in [1.807, 2.05) is 0 Å². The highest BCUT2D eigenvalue weighted by atomic mass is 16.1. The lowest BCUT2D eigenvalue weighted by Gasteiger charge is -2.31. The molecule has 0 radical (unpaired) electrons. The number of nitrogens with one attached hydrogen (secondary N) is 1. The van der Waals surface area contributed by atoms with Gasteiger partial charge in [0.15, 0.2) is 0 Å². The van der Waals surface area contributed by atoms with Crippen molar-refractivity contribution in [2.45, 2.75) is 44.6 Å². The third-order valence-electron chi connectivity index (χ3n) is 5.23. The summed E-state index contributed by atoms with van der Waals surface area (Å²) in [5, 5.41) is 3.10. The Morgan fingerprint density at radius 3 is 2.96 bits per heavy atom. The van der Waals surface area contributed by atoms with Crippen molar-refractivity contribution in [3.05, 3.63) is 29.8 Å². The van der Waals surface area contributed by atoms with Crippen LogP contribution in [0.15, 0.2) is 24.3 Å². The molecule has 1 fully saturated rings. The van der Waals surface area contributed by atoms with Crippen LogP contribution in [0.5, 0.6) is 0 Å². The maximum absolute atomic E-state index is 12.0. The molecule has 1 amide bonds. The number of benzene rings is 1. The van der Waals surface area contributed by atoms with E-state index in [9.17, 15) is 4.79 Å². The number of rotatable bonds is 6. The van der Waals surface area contributed by atoms with Crippen molar-refractivity contribution in [1.82, 2.24) is 10.2 Å². The van der Waals surface area contributed by atoms with E-state index in [4.69, 9.17) is 0 Å². The van der Waals surface area contributed by atoms with E-state index < -0.39 is 0 Å². The van der Waals surface area contributed by atoms with Crippen LogP contribution in [0.1, 0.15) is 37.7 Å². The maximum atomic E-state index is 12.0. The smallest absolute Gasteiger partial charge is 0.221 e. The van der Waals surface area contributed by atoms with Crippen molar-refractivity contribution in [3.63, 3.8) is 0 Å². The summed E-state index contributed by atoms with van der Waals surface area (Å²) in [5.74, 6) is 0.211. The average Bonchev–Trinajstić information content (AvgIpc) is 2.96. The Kier molecular flexibility index (Phi) is 5.55. The number of amides is 1. The number of hydrogen-bond donors (Lipinski definition) is 1. The normalized spacial score (nSPS) is 21.3. The van der Waals surface area contributed by atoms with Gasteiger partial charge in [-0.3, -0.25) is 4.79 Å². The van der Waals surface area contributed by atoms with Gasteiger partial charge in [0, 0.05) is 37.8 Å². The standard InChI is InChI=1S/C19H29N3O/c1-21-12-5-9-17(21)15-19(23)20-11-6-14-22-13-4-8-16-7-2-3-10-18(16)22/h2-3,7,10,17H,4-6,8-9,11-15H2,1H3,(H,20,23). The van der Waals surface area contributed by atoms with Crippen LogP contribution < -0.4 is 10.2 Å². The van der Waals surface area contributed by atoms with E-state index in [1.165, 1.54) is 30.5 Å². The number of nitrogens with zero attached hydrogens (tertiary/aromatic N) is 2. The first-order chi connectivity index (χ1) is 11.2. The van der Waals surface area contributed by atoms with Gasteiger partial charge in [0.2, 0.25) is 5.91 Å². The number of hydrogen-bond acceptors (Lipinski definition) is 3. The van der Waals surface area contributed by atoms with Crippen LogP contribution in [0, 0.1) is 0 Å². The molecule has 1 atom stereocenters. The number of fused-ring (bicyclic) bond motifs is 1. The number of anilines is 1. The van der Waals surface area contributed by atoms with Gasteiger partial charge >= 0.3 is 0 Å². The molecule has 126 valence electrons. The lowest BCUT2D eigenvalue weighted by atomic mass is 10.0. The molecule has 3 rings (SSSR count). The van der Waals surface area contributed by atoms with Gasteiger partial charge in [0.05, 0.1) is 0 Å². The van der Waals surface area contributed by atoms with E-state index in [2.05, 4.69) is 46.4 Å². The zero-order chi connectivity index (χ0) is 16.1. The largest absolute Gasteiger partial charge is 0.371 e. The quantitative estimate of drug-likeness (QED) is 0.819. The lowest BCUT2D eigenvalue weighted by Crippen LogP contribution is -2.35. The second-order valence-electron chi connectivity index (χ2n) is 6.90. The van der Waals surface area contributed by atoms with Crippen LogP contribution in [0.4, 0.5) is 5.69 Å². The van der Waals surface area contributed by atoms with Crippen LogP contribution in [0.25, 0.3) is 0 Å². The summed E-state index contributed by atoms with van der Waals surface area (Å²) >= 11 is 0. The van der Waals surface area contributed by atoms with E-state index in [1.54, 1.807) is 0 Å². The Morgan fingerprint density at radius 1 is 1.26 bits per heavy atom. The molecule has 0 saturated carbocycles. The zero-order valence-corrected chi connectivity index (χ0v) is 14.3. The summed E-state index contributed by atoms with van der Waals surface area (Å²) < 4.78 is 0. The minimum atomic E-state index is 0.211. The molecule has 2 aliphatic rings. The highest BCUT2D eigenvalue weighted by Crippen LogP contribution is 2.26. The molecule has 2 aliphatic heterocycles. The molecule has 4 heteroatoms. The van der Waals surface area contributed by atoms with Gasteiger partial charge in [0.25, 0.3) is 0 Å². The topological polar surface area (TPSA) is 35.6 Å². The van der Waals surface area contributed by atoms with E-state index in [-0.39, 0.29) is 5.91 Å². The minimum absolute atomic E-state index is 0.211. The molecule has 0 aromatic heterocycles. The Hall–Kier alpha value is -1.55. The van der Waals surface area contributed by atoms with Crippen molar-refractivity contribution < 1.29 is 4.79 Å². The number of para-hydroxylation sites is 1. The molecular weight excluding hydrogens is 286 g/mol. The van der Waals surface area contributed by atoms with Crippen LogP contribution in [0.2, 0.25) is 0 Å². The summed E-state index contributed by atoms with van der Waals surface area (Å²) in [6, 6.07) is 9.16. The van der Waals surface area contributed by atoms with Crippen LogP contribution >= 0.6 is 0 Å². The van der Waals surface area contributed by atoms with Crippen molar-refractivity contribution in [3.8, 4) is 0 Å². The fraction of sp³-hybridized carbons (Fsp3) is 0.632. The minimum Gasteiger partial charge on any atom is -0.371 e. The number of carbonyl (C=O) groups is 1. The van der Waals surface area contributed by atoms with E-state index >= 15 is 0 Å². The SMILES string of the molecule is CN1CCCC1CC(=O)NCCCN1CCCc2ccccc21. The van der Waals surface area contributed by atoms with Crippen molar-refractivity contribution in [2.75, 3.05) is 38.1 Å². The lowest BCUT2D eigenvalue weighted by molar-refractivity contribution is -0.122. The monoisotopic (exact) mass is 315 g/mol. The number of aryl methyl sites for hydroxylation is 1. The molecule has 2 heterocycles. The molecule has 0 spiro atoms. The van der Waals surface area contributed by atoms with E-state index in [0.29, 0.717) is 12.5 Å². The first kappa shape index (κ1) is 16.3. The molecule has 23 heavy (non-hydrogen) atoms. The summed E-state index contributed by atoms with van der Waals surface area (Å²) in [4.78, 5) is 16.8. The fourth-order valence-electron chi connectivity index (χ4n) is 3.86. The molecule has 1 aromatic carbocycles. The van der Waals surface area contributed by atoms with Crippen molar-refractivity contribution in [1.29, 1.82) is 0 Å². The zero-order valence-electron chi connectivity index (χ0n) is 14.3. The van der Waals surface area contributed by atoms with Crippen molar-refractivity contribution >= 4 is 11.6 Å². The van der Waals surface area contributed by atoms with Gasteiger partial charge in [-0.2, -0.15) is 0 Å². The second-order valence-corrected chi connectivity index (χ2v) is 6.90. The van der Waals surface area contributed by atoms with Gasteiger partial charge < -0.3 is 15.1 Å². The highest BCUT2D eigenvalue weighted by Gasteiger charge is 2.23. The number of carbonyl (C=O) groups excluding carboxylic acids is 1. The van der Waals surface area contributed by atoms with Gasteiger partial charge in [-0.1, -0.05) is 18.2 Å². The Labute approximate surface area is 139 Å². The second kappa shape index (κ2) is 7.82. The molecule has 1 unspecified atom stereocenters. The Balaban J connectivity index is 1.38.